The van der Waals surface area contributed by atoms with E-state index in [9.17, 15) is 31.5 Å². The Balaban J connectivity index is 1.68. The van der Waals surface area contributed by atoms with Gasteiger partial charge in [0, 0.05) is 24.5 Å². The number of ether oxygens (including phenoxy) is 1. The first kappa shape index (κ1) is 24.2. The number of nitrogens with zero attached hydrogens (tertiary/aromatic N) is 2. The van der Waals surface area contributed by atoms with E-state index in [0.29, 0.717) is 30.2 Å². The third kappa shape index (κ3) is 4.20. The van der Waals surface area contributed by atoms with Crippen molar-refractivity contribution < 1.29 is 36.2 Å². The number of aromatic nitrogens is 1. The second-order valence-corrected chi connectivity index (χ2v) is 11.1. The summed E-state index contributed by atoms with van der Waals surface area (Å²) in [6, 6.07) is 10.2. The van der Waals surface area contributed by atoms with Gasteiger partial charge in [-0.25, -0.2) is 17.2 Å². The second kappa shape index (κ2) is 8.56. The summed E-state index contributed by atoms with van der Waals surface area (Å²) in [5, 5.41) is 10.9. The SMILES string of the molecule is CN1CCOc2ccc(S(=O)(=O)n3c(Cc4csc(C(=O)O)c4)cc4cc(C(F)(F)F)ccc43)cc21. The second-order valence-electron chi connectivity index (χ2n) is 8.38. The molecule has 7 nitrogen and oxygen atoms in total. The lowest BCUT2D eigenvalue weighted by Crippen LogP contribution is -2.29. The maximum atomic E-state index is 13.9. The first-order valence-electron chi connectivity index (χ1n) is 10.7. The third-order valence-electron chi connectivity index (χ3n) is 5.97. The Morgan fingerprint density at radius 1 is 1.14 bits per heavy atom. The molecule has 0 saturated heterocycles. The van der Waals surface area contributed by atoms with Crippen LogP contribution in [0.2, 0.25) is 0 Å². The number of carboxylic acids is 1. The Kier molecular flexibility index (Phi) is 5.75. The van der Waals surface area contributed by atoms with Gasteiger partial charge >= 0.3 is 12.1 Å². The molecule has 1 aliphatic rings. The lowest BCUT2D eigenvalue weighted by molar-refractivity contribution is -0.137. The molecule has 0 fully saturated rings. The fourth-order valence-corrected chi connectivity index (χ4v) is 6.53. The normalized spacial score (nSPS) is 14.1. The van der Waals surface area contributed by atoms with E-state index in [1.807, 2.05) is 11.9 Å². The molecule has 0 spiro atoms. The number of hydrogen-bond donors (Lipinski definition) is 1. The highest BCUT2D eigenvalue weighted by atomic mass is 32.2. The molecular weight excluding hydrogens is 517 g/mol. The third-order valence-corrected chi connectivity index (χ3v) is 8.70. The fraction of sp³-hybridized carbons (Fsp3) is 0.208. The zero-order chi connectivity index (χ0) is 25.8. The molecule has 12 heteroatoms. The van der Waals surface area contributed by atoms with Gasteiger partial charge in [0.05, 0.1) is 28.2 Å². The number of halogens is 3. The summed E-state index contributed by atoms with van der Waals surface area (Å²) in [5.74, 6) is -0.579. The van der Waals surface area contributed by atoms with Gasteiger partial charge in [-0.05, 0) is 59.5 Å². The molecular formula is C24H19F3N2O5S2. The molecule has 0 bridgehead atoms. The minimum Gasteiger partial charge on any atom is -0.490 e. The monoisotopic (exact) mass is 536 g/mol. The number of rotatable bonds is 5. The summed E-state index contributed by atoms with van der Waals surface area (Å²) < 4.78 is 74.5. The van der Waals surface area contributed by atoms with Crippen LogP contribution in [-0.2, 0) is 22.6 Å². The number of anilines is 1. The maximum absolute atomic E-state index is 13.9. The maximum Gasteiger partial charge on any atom is 0.416 e. The van der Waals surface area contributed by atoms with Crippen LogP contribution in [0.25, 0.3) is 10.9 Å². The van der Waals surface area contributed by atoms with Crippen LogP contribution in [0.1, 0.15) is 26.5 Å². The number of likely N-dealkylation sites (N-methyl/N-ethyl adjacent to an activating group) is 1. The van der Waals surface area contributed by atoms with Crippen molar-refractivity contribution in [2.45, 2.75) is 17.5 Å². The molecule has 0 saturated carbocycles. The van der Waals surface area contributed by atoms with E-state index >= 15 is 0 Å². The number of benzene rings is 2. The molecule has 188 valence electrons. The predicted octanol–water partition coefficient (Wildman–Crippen LogP) is 5.08. The lowest BCUT2D eigenvalue weighted by atomic mass is 10.1. The number of hydrogen-bond acceptors (Lipinski definition) is 6. The highest BCUT2D eigenvalue weighted by Crippen LogP contribution is 2.37. The van der Waals surface area contributed by atoms with Crippen molar-refractivity contribution >= 4 is 43.9 Å². The molecule has 2 aromatic heterocycles. The largest absolute Gasteiger partial charge is 0.490 e. The van der Waals surface area contributed by atoms with Gasteiger partial charge < -0.3 is 14.7 Å². The summed E-state index contributed by atoms with van der Waals surface area (Å²) >= 11 is 0.989. The van der Waals surface area contributed by atoms with Gasteiger partial charge in [-0.2, -0.15) is 13.2 Å². The predicted molar refractivity (Wildman–Crippen MR) is 129 cm³/mol. The van der Waals surface area contributed by atoms with Gasteiger partial charge in [0.1, 0.15) is 17.2 Å². The number of thiophene rings is 1. The molecule has 1 N–H and O–H groups in total. The van der Waals surface area contributed by atoms with Crippen molar-refractivity contribution in [2.24, 2.45) is 0 Å². The van der Waals surface area contributed by atoms with Gasteiger partial charge in [0.25, 0.3) is 10.0 Å². The zero-order valence-electron chi connectivity index (χ0n) is 18.7. The fourth-order valence-electron chi connectivity index (χ4n) is 4.22. The number of fused-ring (bicyclic) bond motifs is 2. The van der Waals surface area contributed by atoms with E-state index in [4.69, 9.17) is 4.74 Å². The Hall–Kier alpha value is -3.51. The zero-order valence-corrected chi connectivity index (χ0v) is 20.4. The summed E-state index contributed by atoms with van der Waals surface area (Å²) in [5.41, 5.74) is 0.526. The van der Waals surface area contributed by atoms with Crippen LogP contribution < -0.4 is 9.64 Å². The van der Waals surface area contributed by atoms with Gasteiger partial charge in [-0.1, -0.05) is 0 Å². The van der Waals surface area contributed by atoms with Crippen molar-refractivity contribution in [1.29, 1.82) is 0 Å². The Bertz CT molecular complexity index is 1610. The van der Waals surface area contributed by atoms with Crippen molar-refractivity contribution in [2.75, 3.05) is 25.1 Å². The van der Waals surface area contributed by atoms with Gasteiger partial charge in [0.15, 0.2) is 0 Å². The van der Waals surface area contributed by atoms with Crippen LogP contribution in [-0.4, -0.2) is 43.7 Å². The molecule has 2 aromatic carbocycles. The molecule has 0 unspecified atom stereocenters. The topological polar surface area (TPSA) is 88.8 Å². The number of aromatic carboxylic acids is 1. The van der Waals surface area contributed by atoms with Crippen LogP contribution in [0.4, 0.5) is 18.9 Å². The van der Waals surface area contributed by atoms with Crippen LogP contribution in [0.3, 0.4) is 0 Å². The lowest BCUT2D eigenvalue weighted by Gasteiger charge is -2.28. The molecule has 36 heavy (non-hydrogen) atoms. The summed E-state index contributed by atoms with van der Waals surface area (Å²) in [6.45, 7) is 1.03. The molecule has 0 atom stereocenters. The van der Waals surface area contributed by atoms with Crippen LogP contribution in [0.15, 0.2) is 58.8 Å². The Morgan fingerprint density at radius 3 is 2.61 bits per heavy atom. The van der Waals surface area contributed by atoms with Crippen molar-refractivity contribution in [3.63, 3.8) is 0 Å². The molecule has 0 radical (unpaired) electrons. The van der Waals surface area contributed by atoms with Crippen molar-refractivity contribution in [1.82, 2.24) is 3.97 Å². The summed E-state index contributed by atoms with van der Waals surface area (Å²) in [6.07, 6.45) is -4.59. The summed E-state index contributed by atoms with van der Waals surface area (Å²) in [7, 11) is -2.44. The number of carboxylic acid groups (broad SMARTS) is 1. The molecule has 5 rings (SSSR count). The van der Waals surface area contributed by atoms with E-state index in [1.54, 1.807) is 11.4 Å². The quantitative estimate of drug-likeness (QED) is 0.383. The highest BCUT2D eigenvalue weighted by molar-refractivity contribution is 7.90. The Labute approximate surface area is 208 Å². The van der Waals surface area contributed by atoms with E-state index in [1.165, 1.54) is 24.3 Å². The van der Waals surface area contributed by atoms with Crippen LogP contribution in [0, 0.1) is 0 Å². The first-order chi connectivity index (χ1) is 16.9. The Morgan fingerprint density at radius 2 is 1.92 bits per heavy atom. The van der Waals surface area contributed by atoms with Crippen LogP contribution in [0.5, 0.6) is 5.75 Å². The molecule has 4 aromatic rings. The molecule has 0 aliphatic carbocycles. The van der Waals surface area contributed by atoms with Gasteiger partial charge in [-0.3, -0.25) is 0 Å². The van der Waals surface area contributed by atoms with E-state index in [0.717, 1.165) is 33.5 Å². The average Bonchev–Trinajstić information content (AvgIpc) is 3.43. The molecule has 3 heterocycles. The highest BCUT2D eigenvalue weighted by Gasteiger charge is 2.32. The minimum absolute atomic E-state index is 0.00694. The standard InChI is InChI=1S/C24H19F3N2O5S2/c1-28-6-7-34-21-5-3-18(12-20(21)28)36(32,33)29-17(8-14-9-22(23(30)31)35-13-14)11-15-10-16(24(25,26)27)2-4-19(15)29/h2-5,9-13H,6-8H2,1H3,(H,30,31). The van der Waals surface area contributed by atoms with E-state index in [-0.39, 0.29) is 32.8 Å². The smallest absolute Gasteiger partial charge is 0.416 e. The van der Waals surface area contributed by atoms with Crippen molar-refractivity contribution in [3.8, 4) is 5.75 Å². The van der Waals surface area contributed by atoms with Gasteiger partial charge in [0.2, 0.25) is 0 Å². The first-order valence-corrected chi connectivity index (χ1v) is 13.0. The number of alkyl halides is 3. The molecule has 0 amide bonds. The average molecular weight is 537 g/mol. The number of carbonyl (C=O) groups is 1. The van der Waals surface area contributed by atoms with E-state index in [2.05, 4.69) is 0 Å². The molecule has 1 aliphatic heterocycles. The van der Waals surface area contributed by atoms with E-state index < -0.39 is 27.7 Å². The summed E-state index contributed by atoms with van der Waals surface area (Å²) in [4.78, 5) is 13.2. The van der Waals surface area contributed by atoms with Gasteiger partial charge in [-0.15, -0.1) is 11.3 Å². The van der Waals surface area contributed by atoms with Crippen molar-refractivity contribution in [3.05, 3.63) is 75.6 Å². The van der Waals surface area contributed by atoms with Crippen LogP contribution >= 0.6 is 11.3 Å². The minimum atomic E-state index is -4.60.